The first-order chi connectivity index (χ1) is 10.7. The molecule has 0 radical (unpaired) electrons. The van der Waals surface area contributed by atoms with E-state index in [0.717, 1.165) is 30.7 Å². The van der Waals surface area contributed by atoms with Crippen molar-refractivity contribution >= 4 is 0 Å². The first-order valence-electron chi connectivity index (χ1n) is 8.34. The predicted octanol–water partition coefficient (Wildman–Crippen LogP) is 2.98. The first-order valence-corrected chi connectivity index (χ1v) is 8.34. The summed E-state index contributed by atoms with van der Waals surface area (Å²) in [6, 6.07) is 5.96. The van der Waals surface area contributed by atoms with Gasteiger partial charge in [-0.3, -0.25) is 0 Å². The fourth-order valence-corrected chi connectivity index (χ4v) is 3.05. The van der Waals surface area contributed by atoms with Crippen LogP contribution in [0.5, 0.6) is 11.5 Å². The summed E-state index contributed by atoms with van der Waals surface area (Å²) < 4.78 is 10.8. The Morgan fingerprint density at radius 2 is 1.95 bits per heavy atom. The van der Waals surface area contributed by atoms with Crippen LogP contribution in [0.1, 0.15) is 38.2 Å². The maximum Gasteiger partial charge on any atom is 0.161 e. The maximum absolute atomic E-state index is 8.83. The molecule has 0 spiro atoms. The summed E-state index contributed by atoms with van der Waals surface area (Å²) in [4.78, 5) is 0. The van der Waals surface area contributed by atoms with Crippen molar-refractivity contribution in [2.75, 3.05) is 26.9 Å². The number of nitrogens with one attached hydrogen (secondary N) is 1. The number of rotatable bonds is 8. The highest BCUT2D eigenvalue weighted by atomic mass is 16.5. The minimum absolute atomic E-state index is 0.00642. The van der Waals surface area contributed by atoms with Crippen molar-refractivity contribution in [1.29, 1.82) is 0 Å². The molecule has 1 aliphatic carbocycles. The van der Waals surface area contributed by atoms with Crippen LogP contribution in [-0.4, -0.2) is 32.0 Å². The van der Waals surface area contributed by atoms with E-state index in [-0.39, 0.29) is 13.2 Å². The van der Waals surface area contributed by atoms with Crippen LogP contribution in [0.15, 0.2) is 18.2 Å². The average Bonchev–Trinajstić information content (AvgIpc) is 2.55. The Labute approximate surface area is 133 Å². The molecule has 1 aliphatic rings. The van der Waals surface area contributed by atoms with E-state index in [0.29, 0.717) is 5.75 Å². The lowest BCUT2D eigenvalue weighted by Gasteiger charge is -2.26. The number of aliphatic hydroxyl groups is 1. The van der Waals surface area contributed by atoms with E-state index in [2.05, 4.69) is 12.2 Å². The van der Waals surface area contributed by atoms with Gasteiger partial charge in [0.05, 0.1) is 13.7 Å². The lowest BCUT2D eigenvalue weighted by Crippen LogP contribution is -2.25. The molecule has 1 aromatic rings. The topological polar surface area (TPSA) is 50.7 Å². The zero-order valence-corrected chi connectivity index (χ0v) is 13.8. The standard InChI is InChI=1S/C18H29NO3/c1-14-3-5-15(6-4-14)12-19-13-16-7-8-17(22-10-9-20)18(11-16)21-2/h7-8,11,14-15,19-20H,3-6,9-10,12-13H2,1-2H3. The van der Waals surface area contributed by atoms with Crippen LogP contribution in [0.4, 0.5) is 0 Å². The molecule has 1 fully saturated rings. The molecule has 0 aromatic heterocycles. The number of benzene rings is 1. The summed E-state index contributed by atoms with van der Waals surface area (Å²) in [6.07, 6.45) is 5.45. The normalized spacial score (nSPS) is 21.6. The van der Waals surface area contributed by atoms with Crippen LogP contribution >= 0.6 is 0 Å². The van der Waals surface area contributed by atoms with E-state index in [4.69, 9.17) is 14.6 Å². The van der Waals surface area contributed by atoms with E-state index < -0.39 is 0 Å². The summed E-state index contributed by atoms with van der Waals surface area (Å²) in [6.45, 7) is 4.59. The van der Waals surface area contributed by atoms with Gasteiger partial charge >= 0.3 is 0 Å². The molecule has 0 saturated heterocycles. The number of methoxy groups -OCH3 is 1. The Morgan fingerprint density at radius 3 is 2.64 bits per heavy atom. The number of aliphatic hydroxyl groups excluding tert-OH is 1. The minimum Gasteiger partial charge on any atom is -0.493 e. The summed E-state index contributed by atoms with van der Waals surface area (Å²) in [5.41, 5.74) is 1.19. The smallest absolute Gasteiger partial charge is 0.161 e. The molecule has 0 amide bonds. The van der Waals surface area contributed by atoms with Crippen LogP contribution in [0.2, 0.25) is 0 Å². The molecule has 0 atom stereocenters. The largest absolute Gasteiger partial charge is 0.493 e. The van der Waals surface area contributed by atoms with Crippen LogP contribution < -0.4 is 14.8 Å². The minimum atomic E-state index is 0.00642. The third kappa shape index (κ3) is 5.18. The van der Waals surface area contributed by atoms with Gasteiger partial charge in [0.15, 0.2) is 11.5 Å². The second-order valence-corrected chi connectivity index (χ2v) is 6.31. The zero-order chi connectivity index (χ0) is 15.8. The lowest BCUT2D eigenvalue weighted by molar-refractivity contribution is 0.196. The Morgan fingerprint density at radius 1 is 1.18 bits per heavy atom. The second kappa shape index (κ2) is 9.01. The SMILES string of the molecule is COc1cc(CNCC2CCC(C)CC2)ccc1OCCO. The van der Waals surface area contributed by atoms with Crippen molar-refractivity contribution in [3.63, 3.8) is 0 Å². The lowest BCUT2D eigenvalue weighted by atomic mass is 9.83. The van der Waals surface area contributed by atoms with Crippen LogP contribution in [0.3, 0.4) is 0 Å². The number of hydrogen-bond acceptors (Lipinski definition) is 4. The molecule has 0 bridgehead atoms. The van der Waals surface area contributed by atoms with Crippen molar-refractivity contribution in [1.82, 2.24) is 5.32 Å². The molecule has 0 aliphatic heterocycles. The molecule has 4 heteroatoms. The molecule has 4 nitrogen and oxygen atoms in total. The third-order valence-electron chi connectivity index (χ3n) is 4.47. The monoisotopic (exact) mass is 307 g/mol. The fraction of sp³-hybridized carbons (Fsp3) is 0.667. The number of hydrogen-bond donors (Lipinski definition) is 2. The highest BCUT2D eigenvalue weighted by Crippen LogP contribution is 2.29. The van der Waals surface area contributed by atoms with Crippen molar-refractivity contribution in [3.05, 3.63) is 23.8 Å². The van der Waals surface area contributed by atoms with E-state index in [1.165, 1.54) is 31.2 Å². The molecule has 2 rings (SSSR count). The molecule has 0 unspecified atom stereocenters. The van der Waals surface area contributed by atoms with Gasteiger partial charge in [0.25, 0.3) is 0 Å². The Kier molecular flexibility index (Phi) is 7.00. The summed E-state index contributed by atoms with van der Waals surface area (Å²) >= 11 is 0. The highest BCUT2D eigenvalue weighted by molar-refractivity contribution is 5.42. The summed E-state index contributed by atoms with van der Waals surface area (Å²) in [5, 5.41) is 12.4. The zero-order valence-electron chi connectivity index (χ0n) is 13.8. The third-order valence-corrected chi connectivity index (χ3v) is 4.47. The Balaban J connectivity index is 1.80. The Hall–Kier alpha value is -1.26. The van der Waals surface area contributed by atoms with E-state index in [1.54, 1.807) is 7.11 Å². The van der Waals surface area contributed by atoms with Gasteiger partial charge in [-0.1, -0.05) is 25.8 Å². The molecule has 1 aromatic carbocycles. The van der Waals surface area contributed by atoms with Gasteiger partial charge in [-0.2, -0.15) is 0 Å². The van der Waals surface area contributed by atoms with Gasteiger partial charge in [0.1, 0.15) is 6.61 Å². The molecule has 0 heterocycles. The van der Waals surface area contributed by atoms with Gasteiger partial charge in [-0.25, -0.2) is 0 Å². The van der Waals surface area contributed by atoms with Crippen molar-refractivity contribution in [2.24, 2.45) is 11.8 Å². The van der Waals surface area contributed by atoms with E-state index in [9.17, 15) is 0 Å². The van der Waals surface area contributed by atoms with Crippen LogP contribution in [0, 0.1) is 11.8 Å². The molecule has 2 N–H and O–H groups in total. The van der Waals surface area contributed by atoms with Gasteiger partial charge in [-0.15, -0.1) is 0 Å². The molecular weight excluding hydrogens is 278 g/mol. The first kappa shape index (κ1) is 17.1. The van der Waals surface area contributed by atoms with Crippen LogP contribution in [-0.2, 0) is 6.54 Å². The highest BCUT2D eigenvalue weighted by Gasteiger charge is 2.17. The molecule has 1 saturated carbocycles. The Bertz CT molecular complexity index is 442. The molecule has 124 valence electrons. The van der Waals surface area contributed by atoms with Crippen LogP contribution in [0.25, 0.3) is 0 Å². The van der Waals surface area contributed by atoms with Crippen molar-refractivity contribution in [2.45, 2.75) is 39.2 Å². The van der Waals surface area contributed by atoms with Gasteiger partial charge in [0, 0.05) is 6.54 Å². The van der Waals surface area contributed by atoms with E-state index >= 15 is 0 Å². The van der Waals surface area contributed by atoms with Gasteiger partial charge < -0.3 is 19.9 Å². The average molecular weight is 307 g/mol. The predicted molar refractivity (Wildman–Crippen MR) is 88.4 cm³/mol. The summed E-state index contributed by atoms with van der Waals surface area (Å²) in [7, 11) is 1.64. The summed E-state index contributed by atoms with van der Waals surface area (Å²) in [5.74, 6) is 3.14. The number of ether oxygens (including phenoxy) is 2. The van der Waals surface area contributed by atoms with Gasteiger partial charge in [0.2, 0.25) is 0 Å². The fourth-order valence-electron chi connectivity index (χ4n) is 3.05. The second-order valence-electron chi connectivity index (χ2n) is 6.31. The quantitative estimate of drug-likeness (QED) is 0.775. The maximum atomic E-state index is 8.83. The van der Waals surface area contributed by atoms with Gasteiger partial charge in [-0.05, 0) is 48.9 Å². The van der Waals surface area contributed by atoms with Crippen molar-refractivity contribution < 1.29 is 14.6 Å². The molecule has 22 heavy (non-hydrogen) atoms. The molecular formula is C18H29NO3. The van der Waals surface area contributed by atoms with Crippen molar-refractivity contribution in [3.8, 4) is 11.5 Å². The van der Waals surface area contributed by atoms with E-state index in [1.807, 2.05) is 18.2 Å².